The van der Waals surface area contributed by atoms with Gasteiger partial charge in [-0.05, 0) is 0 Å². The summed E-state index contributed by atoms with van der Waals surface area (Å²) in [6.45, 7) is 0. The van der Waals surface area contributed by atoms with E-state index in [1.54, 1.807) is 0 Å². The van der Waals surface area contributed by atoms with Crippen LogP contribution in [0.3, 0.4) is 0 Å². The second-order valence-electron chi connectivity index (χ2n) is 0. The second kappa shape index (κ2) is 18.1. The Balaban J connectivity index is 0. The first-order valence-corrected chi connectivity index (χ1v) is 0. The zero-order valence-corrected chi connectivity index (χ0v) is 8.99. The van der Waals surface area contributed by atoms with Crippen LogP contribution in [0.1, 0.15) is 0 Å². The molecule has 4 heteroatoms. The standard InChI is InChI=1S/Al.La.Nb.O/q2*+3;+5;-2. The van der Waals surface area contributed by atoms with Gasteiger partial charge < -0.3 is 5.48 Å². The van der Waals surface area contributed by atoms with Gasteiger partial charge in [0.2, 0.25) is 0 Å². The molecular weight excluding hydrogens is 275 g/mol. The van der Waals surface area contributed by atoms with E-state index in [0.717, 1.165) is 0 Å². The molecule has 0 bridgehead atoms. The summed E-state index contributed by atoms with van der Waals surface area (Å²) in [5.74, 6) is 0. The summed E-state index contributed by atoms with van der Waals surface area (Å²) < 4.78 is 0. The minimum absolute atomic E-state index is 0. The van der Waals surface area contributed by atoms with E-state index in [0.29, 0.717) is 0 Å². The molecule has 0 aromatic heterocycles. The molecule has 0 aromatic rings. The fourth-order valence-corrected chi connectivity index (χ4v) is 0. The summed E-state index contributed by atoms with van der Waals surface area (Å²) in [6.07, 6.45) is 0. The summed E-state index contributed by atoms with van der Waals surface area (Å²) >= 11 is 0. The van der Waals surface area contributed by atoms with E-state index in [-0.39, 0.29) is 80.8 Å². The van der Waals surface area contributed by atoms with Crippen LogP contribution in [-0.2, 0) is 27.9 Å². The van der Waals surface area contributed by atoms with Crippen molar-refractivity contribution in [2.45, 2.75) is 0 Å². The smallest absolute Gasteiger partial charge is 2.00 e. The molecule has 0 saturated carbocycles. The minimum Gasteiger partial charge on any atom is -2.00 e. The van der Waals surface area contributed by atoms with Gasteiger partial charge >= 0.3 is 75.3 Å². The molecule has 0 fully saturated rings. The van der Waals surface area contributed by atoms with Gasteiger partial charge in [0.15, 0.2) is 0 Å². The Hall–Kier alpha value is 2.43. The van der Waals surface area contributed by atoms with E-state index < -0.39 is 0 Å². The first-order valence-electron chi connectivity index (χ1n) is 0. The van der Waals surface area contributed by atoms with Gasteiger partial charge in [0.25, 0.3) is 0 Å². The van der Waals surface area contributed by atoms with Gasteiger partial charge in [0.05, 0.1) is 0 Å². The molecule has 0 aromatic carbocycles. The summed E-state index contributed by atoms with van der Waals surface area (Å²) in [6, 6.07) is 0. The molecular formula is AlLaNbO+9. The van der Waals surface area contributed by atoms with Crippen LogP contribution < -0.4 is 0 Å². The van der Waals surface area contributed by atoms with E-state index in [2.05, 4.69) is 0 Å². The zero-order chi connectivity index (χ0) is 0. The van der Waals surface area contributed by atoms with Crippen LogP contribution in [0.15, 0.2) is 0 Å². The fraction of sp³-hybridized carbons (Fsp3) is 0. The summed E-state index contributed by atoms with van der Waals surface area (Å²) in [5.41, 5.74) is 0. The topological polar surface area (TPSA) is 28.5 Å². The number of hydrogen-bond acceptors (Lipinski definition) is 0. The first kappa shape index (κ1) is 32.1. The summed E-state index contributed by atoms with van der Waals surface area (Å²) in [7, 11) is 0. The van der Waals surface area contributed by atoms with Crippen molar-refractivity contribution in [1.82, 2.24) is 0 Å². The average Bonchev–Trinajstić information content (AvgIpc) is 0. The molecule has 8 valence electrons. The van der Waals surface area contributed by atoms with Gasteiger partial charge in [-0.1, -0.05) is 0 Å². The Morgan fingerprint density at radius 2 is 1.00 bits per heavy atom. The van der Waals surface area contributed by atoms with E-state index in [1.165, 1.54) is 0 Å². The molecule has 0 atom stereocenters. The summed E-state index contributed by atoms with van der Waals surface area (Å²) in [4.78, 5) is 0. The summed E-state index contributed by atoms with van der Waals surface area (Å²) in [5, 5.41) is 0. The molecule has 0 unspecified atom stereocenters. The second-order valence-corrected chi connectivity index (χ2v) is 0. The van der Waals surface area contributed by atoms with E-state index >= 15 is 0 Å². The quantitative estimate of drug-likeness (QED) is 0.533. The third-order valence-electron chi connectivity index (χ3n) is 0. The van der Waals surface area contributed by atoms with Gasteiger partial charge in [0.1, 0.15) is 0 Å². The maximum absolute atomic E-state index is 0. The third kappa shape index (κ3) is 8.83. The normalized spacial score (nSPS) is 0. The Bertz CT molecular complexity index is 8.00. The monoisotopic (exact) mass is 275 g/mol. The SMILES string of the molecule is [Al+3].[La+3].[Nb+5].[O-2]. The van der Waals surface area contributed by atoms with E-state index in [4.69, 9.17) is 0 Å². The van der Waals surface area contributed by atoms with Crippen molar-refractivity contribution in [2.24, 2.45) is 0 Å². The van der Waals surface area contributed by atoms with Crippen molar-refractivity contribution in [3.63, 3.8) is 0 Å². The van der Waals surface area contributed by atoms with Gasteiger partial charge in [-0.3, -0.25) is 0 Å². The van der Waals surface area contributed by atoms with E-state index in [9.17, 15) is 0 Å². The Labute approximate surface area is 79.5 Å². The molecule has 0 rings (SSSR count). The van der Waals surface area contributed by atoms with Crippen LogP contribution in [-0.4, -0.2) is 17.4 Å². The van der Waals surface area contributed by atoms with Crippen molar-refractivity contribution in [1.29, 1.82) is 0 Å². The van der Waals surface area contributed by atoms with Crippen LogP contribution >= 0.6 is 0 Å². The van der Waals surface area contributed by atoms with Crippen LogP contribution in [0.25, 0.3) is 0 Å². The van der Waals surface area contributed by atoms with Crippen molar-refractivity contribution in [2.75, 3.05) is 0 Å². The first-order chi connectivity index (χ1) is 0. The molecule has 0 aliphatic carbocycles. The average molecular weight is 275 g/mol. The van der Waals surface area contributed by atoms with Gasteiger partial charge in [0, 0.05) is 0 Å². The van der Waals surface area contributed by atoms with E-state index in [1.807, 2.05) is 0 Å². The number of hydrogen-bond donors (Lipinski definition) is 0. The maximum Gasteiger partial charge on any atom is 5.00 e. The van der Waals surface area contributed by atoms with Crippen molar-refractivity contribution in [3.8, 4) is 0 Å². The van der Waals surface area contributed by atoms with Crippen molar-refractivity contribution >= 4 is 17.4 Å². The van der Waals surface area contributed by atoms with Crippen molar-refractivity contribution < 1.29 is 63.5 Å². The van der Waals surface area contributed by atoms with Gasteiger partial charge in [-0.2, -0.15) is 0 Å². The van der Waals surface area contributed by atoms with Crippen LogP contribution in [0.2, 0.25) is 0 Å². The van der Waals surface area contributed by atoms with Crippen LogP contribution in [0.4, 0.5) is 0 Å². The number of rotatable bonds is 0. The Morgan fingerprint density at radius 3 is 1.00 bits per heavy atom. The molecule has 0 heterocycles. The molecule has 0 amide bonds. The van der Waals surface area contributed by atoms with Gasteiger partial charge in [-0.25, -0.2) is 0 Å². The molecule has 4 heavy (non-hydrogen) atoms. The predicted octanol–water partition coefficient (Wildman–Crippen LogP) is -0.502. The predicted molar refractivity (Wildman–Crippen MR) is 6.44 cm³/mol. The fourth-order valence-electron chi connectivity index (χ4n) is 0. The van der Waals surface area contributed by atoms with Crippen LogP contribution in [0, 0.1) is 35.6 Å². The van der Waals surface area contributed by atoms with Crippen LogP contribution in [0.5, 0.6) is 0 Å². The minimum atomic E-state index is 0. The molecule has 1 nitrogen and oxygen atoms in total. The molecule has 0 radical (unpaired) electrons. The third-order valence-corrected chi connectivity index (χ3v) is 0. The largest absolute Gasteiger partial charge is 5.00 e. The molecule has 0 spiro atoms. The molecule has 0 aliphatic heterocycles. The molecule has 0 aliphatic rings. The van der Waals surface area contributed by atoms with Gasteiger partial charge in [-0.15, -0.1) is 0 Å². The van der Waals surface area contributed by atoms with Crippen molar-refractivity contribution in [3.05, 3.63) is 0 Å². The zero-order valence-electron chi connectivity index (χ0n) is 2.01. The Morgan fingerprint density at radius 1 is 1.00 bits per heavy atom. The maximum atomic E-state index is 0. The molecule has 0 saturated heterocycles. The molecule has 0 N–H and O–H groups in total. The Kier molecular flexibility index (Phi) is 145.